The smallest absolute Gasteiger partial charge is 0.228 e. The van der Waals surface area contributed by atoms with E-state index >= 15 is 0 Å². The Labute approximate surface area is 122 Å². The Balaban J connectivity index is 1.67. The SMILES string of the molecule is CC(C(=O)N1CCn2cnnc2C1)[C@H]1NC(=O)[C@@H]1C(C)O. The van der Waals surface area contributed by atoms with Gasteiger partial charge in [-0.25, -0.2) is 0 Å². The van der Waals surface area contributed by atoms with E-state index in [1.54, 1.807) is 25.1 Å². The molecule has 0 radical (unpaired) electrons. The highest BCUT2D eigenvalue weighted by Gasteiger charge is 2.48. The van der Waals surface area contributed by atoms with Crippen molar-refractivity contribution in [3.63, 3.8) is 0 Å². The predicted molar refractivity (Wildman–Crippen MR) is 71.7 cm³/mol. The number of hydrogen-bond acceptors (Lipinski definition) is 5. The van der Waals surface area contributed by atoms with E-state index in [-0.39, 0.29) is 23.8 Å². The molecule has 8 nitrogen and oxygen atoms in total. The molecule has 2 N–H and O–H groups in total. The Morgan fingerprint density at radius 2 is 2.24 bits per heavy atom. The molecular weight excluding hydrogens is 274 g/mol. The predicted octanol–water partition coefficient (Wildman–Crippen LogP) is -1.25. The molecule has 2 unspecified atom stereocenters. The van der Waals surface area contributed by atoms with Crippen LogP contribution in [0.15, 0.2) is 6.33 Å². The van der Waals surface area contributed by atoms with Crippen LogP contribution in [0.1, 0.15) is 19.7 Å². The number of aromatic nitrogens is 3. The summed E-state index contributed by atoms with van der Waals surface area (Å²) in [6.07, 6.45) is 0.916. The standard InChI is InChI=1S/C13H19N5O3/c1-7(11-10(8(2)19)12(20)15-11)13(21)17-3-4-18-6-14-16-9(18)5-17/h6-8,10-11,19H,3-5H2,1-2H3,(H,15,20)/t7?,8?,10-,11-/m1/s1. The maximum atomic E-state index is 12.6. The van der Waals surface area contributed by atoms with Crippen molar-refractivity contribution in [2.75, 3.05) is 6.54 Å². The first-order valence-electron chi connectivity index (χ1n) is 7.13. The Morgan fingerprint density at radius 1 is 1.48 bits per heavy atom. The van der Waals surface area contributed by atoms with Crippen LogP contribution in [0.3, 0.4) is 0 Å². The van der Waals surface area contributed by atoms with Gasteiger partial charge in [-0.3, -0.25) is 9.59 Å². The number of fused-ring (bicyclic) bond motifs is 1. The van der Waals surface area contributed by atoms with Crippen molar-refractivity contribution in [1.82, 2.24) is 25.0 Å². The summed E-state index contributed by atoms with van der Waals surface area (Å²) in [5.41, 5.74) is 0. The van der Waals surface area contributed by atoms with Crippen molar-refractivity contribution in [3.8, 4) is 0 Å². The van der Waals surface area contributed by atoms with E-state index in [1.807, 2.05) is 4.57 Å². The number of β-lactam (4-membered cyclic amide) rings is 1. The minimum atomic E-state index is -0.747. The summed E-state index contributed by atoms with van der Waals surface area (Å²) in [4.78, 5) is 25.8. The first-order chi connectivity index (χ1) is 9.99. The Kier molecular flexibility index (Phi) is 3.40. The van der Waals surface area contributed by atoms with Crippen molar-refractivity contribution >= 4 is 11.8 Å². The van der Waals surface area contributed by atoms with E-state index in [2.05, 4.69) is 15.5 Å². The molecule has 1 aromatic rings. The van der Waals surface area contributed by atoms with Gasteiger partial charge in [-0.05, 0) is 6.92 Å². The highest BCUT2D eigenvalue weighted by atomic mass is 16.3. The van der Waals surface area contributed by atoms with Crippen molar-refractivity contribution in [1.29, 1.82) is 0 Å². The summed E-state index contributed by atoms with van der Waals surface area (Å²) >= 11 is 0. The van der Waals surface area contributed by atoms with Crippen LogP contribution in [0, 0.1) is 11.8 Å². The summed E-state index contributed by atoms with van der Waals surface area (Å²) in [5, 5.41) is 20.2. The summed E-state index contributed by atoms with van der Waals surface area (Å²) in [6.45, 7) is 5.09. The summed E-state index contributed by atoms with van der Waals surface area (Å²) in [7, 11) is 0. The van der Waals surface area contributed by atoms with Gasteiger partial charge in [0, 0.05) is 13.1 Å². The molecular formula is C13H19N5O3. The Morgan fingerprint density at radius 3 is 2.90 bits per heavy atom. The molecule has 2 aliphatic heterocycles. The molecule has 0 aromatic carbocycles. The maximum absolute atomic E-state index is 12.6. The molecule has 114 valence electrons. The summed E-state index contributed by atoms with van der Waals surface area (Å²) in [5.74, 6) is -0.311. The van der Waals surface area contributed by atoms with Gasteiger partial charge < -0.3 is 19.9 Å². The number of hydrogen-bond donors (Lipinski definition) is 2. The van der Waals surface area contributed by atoms with Gasteiger partial charge in [0.1, 0.15) is 6.33 Å². The molecule has 3 rings (SSSR count). The molecule has 0 bridgehead atoms. The van der Waals surface area contributed by atoms with E-state index in [0.717, 1.165) is 5.82 Å². The Hall–Kier alpha value is -1.96. The number of aliphatic hydroxyl groups is 1. The zero-order valence-electron chi connectivity index (χ0n) is 12.1. The first kappa shape index (κ1) is 14.0. The van der Waals surface area contributed by atoms with E-state index in [9.17, 15) is 14.7 Å². The third-order valence-electron chi connectivity index (χ3n) is 4.40. The molecule has 2 aliphatic rings. The lowest BCUT2D eigenvalue weighted by Crippen LogP contribution is -2.66. The maximum Gasteiger partial charge on any atom is 0.228 e. The van der Waals surface area contributed by atoms with E-state index in [4.69, 9.17) is 0 Å². The van der Waals surface area contributed by atoms with Crippen molar-refractivity contribution in [2.24, 2.45) is 11.8 Å². The van der Waals surface area contributed by atoms with Crippen LogP contribution in [-0.2, 0) is 22.7 Å². The van der Waals surface area contributed by atoms with E-state index < -0.39 is 12.0 Å². The number of aliphatic hydroxyl groups excluding tert-OH is 1. The quantitative estimate of drug-likeness (QED) is 0.678. The van der Waals surface area contributed by atoms with Crippen LogP contribution in [-0.4, -0.2) is 55.3 Å². The zero-order valence-corrected chi connectivity index (χ0v) is 12.1. The molecule has 0 saturated carbocycles. The number of carbonyl (C=O) groups is 2. The summed E-state index contributed by atoms with van der Waals surface area (Å²) < 4.78 is 1.93. The molecule has 8 heteroatoms. The highest BCUT2D eigenvalue weighted by Crippen LogP contribution is 2.27. The molecule has 3 heterocycles. The topological polar surface area (TPSA) is 100 Å². The minimum Gasteiger partial charge on any atom is -0.393 e. The zero-order chi connectivity index (χ0) is 15.1. The van der Waals surface area contributed by atoms with Crippen LogP contribution in [0.4, 0.5) is 0 Å². The van der Waals surface area contributed by atoms with Gasteiger partial charge in [-0.1, -0.05) is 6.92 Å². The van der Waals surface area contributed by atoms with Gasteiger partial charge in [0.15, 0.2) is 5.82 Å². The Bertz CT molecular complexity index is 570. The average Bonchev–Trinajstić information content (AvgIpc) is 2.89. The second-order valence-electron chi connectivity index (χ2n) is 5.79. The highest BCUT2D eigenvalue weighted by molar-refractivity contribution is 5.90. The van der Waals surface area contributed by atoms with E-state index in [1.165, 1.54) is 0 Å². The molecule has 1 fully saturated rings. The van der Waals surface area contributed by atoms with Gasteiger partial charge in [0.2, 0.25) is 11.8 Å². The van der Waals surface area contributed by atoms with Crippen LogP contribution >= 0.6 is 0 Å². The monoisotopic (exact) mass is 293 g/mol. The van der Waals surface area contributed by atoms with Crippen molar-refractivity contribution in [3.05, 3.63) is 12.2 Å². The van der Waals surface area contributed by atoms with Crippen molar-refractivity contribution < 1.29 is 14.7 Å². The number of nitrogens with zero attached hydrogens (tertiary/aromatic N) is 4. The lowest BCUT2D eigenvalue weighted by atomic mass is 9.78. The molecule has 1 saturated heterocycles. The molecule has 0 spiro atoms. The molecule has 1 aromatic heterocycles. The van der Waals surface area contributed by atoms with Gasteiger partial charge in [0.05, 0.1) is 30.5 Å². The van der Waals surface area contributed by atoms with Gasteiger partial charge in [-0.2, -0.15) is 0 Å². The fourth-order valence-corrected chi connectivity index (χ4v) is 3.07. The normalized spacial score (nSPS) is 27.4. The number of rotatable bonds is 3. The van der Waals surface area contributed by atoms with Gasteiger partial charge >= 0.3 is 0 Å². The molecule has 0 aliphatic carbocycles. The largest absolute Gasteiger partial charge is 0.393 e. The second kappa shape index (κ2) is 5.10. The molecule has 4 atom stereocenters. The first-order valence-corrected chi connectivity index (χ1v) is 7.13. The third kappa shape index (κ3) is 2.29. The van der Waals surface area contributed by atoms with Gasteiger partial charge in [-0.15, -0.1) is 10.2 Å². The van der Waals surface area contributed by atoms with Crippen LogP contribution in [0.5, 0.6) is 0 Å². The fourth-order valence-electron chi connectivity index (χ4n) is 3.07. The lowest BCUT2D eigenvalue weighted by Gasteiger charge is -2.43. The fraction of sp³-hybridized carbons (Fsp3) is 0.692. The van der Waals surface area contributed by atoms with Crippen LogP contribution in [0.25, 0.3) is 0 Å². The van der Waals surface area contributed by atoms with Crippen molar-refractivity contribution in [2.45, 2.75) is 39.1 Å². The second-order valence-corrected chi connectivity index (χ2v) is 5.79. The number of nitrogens with one attached hydrogen (secondary N) is 1. The number of carbonyl (C=O) groups excluding carboxylic acids is 2. The van der Waals surface area contributed by atoms with Gasteiger partial charge in [0.25, 0.3) is 0 Å². The van der Waals surface area contributed by atoms with Crippen LogP contribution < -0.4 is 5.32 Å². The third-order valence-corrected chi connectivity index (χ3v) is 4.40. The van der Waals surface area contributed by atoms with E-state index in [0.29, 0.717) is 19.6 Å². The number of amides is 2. The lowest BCUT2D eigenvalue weighted by molar-refractivity contribution is -0.149. The molecule has 21 heavy (non-hydrogen) atoms. The average molecular weight is 293 g/mol. The minimum absolute atomic E-state index is 0.0279. The van der Waals surface area contributed by atoms with Crippen LogP contribution in [0.2, 0.25) is 0 Å². The molecule has 2 amide bonds. The summed E-state index contributed by atoms with van der Waals surface area (Å²) in [6, 6.07) is -0.301.